The summed E-state index contributed by atoms with van der Waals surface area (Å²) in [5.41, 5.74) is 0. The quantitative estimate of drug-likeness (QED) is 0.496. The van der Waals surface area contributed by atoms with E-state index in [1.54, 1.807) is 6.92 Å². The summed E-state index contributed by atoms with van der Waals surface area (Å²) in [6, 6.07) is -0.410. The summed E-state index contributed by atoms with van der Waals surface area (Å²) in [4.78, 5) is 0. The molecular weight excluding hydrogens is 130 g/mol. The Morgan fingerprint density at radius 3 is 2.50 bits per heavy atom. The highest BCUT2D eigenvalue weighted by molar-refractivity contribution is 6.10. The lowest BCUT2D eigenvalue weighted by Gasteiger charge is -2.17. The second-order valence-electron chi connectivity index (χ2n) is 1.98. The van der Waals surface area contributed by atoms with Crippen LogP contribution in [0.25, 0.3) is 0 Å². The van der Waals surface area contributed by atoms with E-state index in [9.17, 15) is 0 Å². The van der Waals surface area contributed by atoms with Crippen LogP contribution in [0, 0.1) is 0 Å². The molecule has 54 valence electrons. The summed E-state index contributed by atoms with van der Waals surface area (Å²) >= 11 is 0. The van der Waals surface area contributed by atoms with Gasteiger partial charge in [-0.15, -0.1) is 0 Å². The van der Waals surface area contributed by atoms with Crippen LogP contribution in [0.3, 0.4) is 0 Å². The van der Waals surface area contributed by atoms with E-state index in [2.05, 4.69) is 4.65 Å². The first-order valence-electron chi connectivity index (χ1n) is 3.04. The molecule has 4 radical (unpaired) electrons. The van der Waals surface area contributed by atoms with Crippen LogP contribution in [0.4, 0.5) is 0 Å². The lowest BCUT2D eigenvalue weighted by molar-refractivity contribution is -0.0216. The van der Waals surface area contributed by atoms with Gasteiger partial charge in [0.05, 0.1) is 13.2 Å². The van der Waals surface area contributed by atoms with Crippen molar-refractivity contribution in [2.75, 3.05) is 13.2 Å². The predicted octanol–water partition coefficient (Wildman–Crippen LogP) is -1.02. The van der Waals surface area contributed by atoms with Crippen LogP contribution in [0.1, 0.15) is 6.92 Å². The molecule has 0 spiro atoms. The molecule has 0 fully saturated rings. The monoisotopic (exact) mass is 140 g/mol. The van der Waals surface area contributed by atoms with Gasteiger partial charge in [0.2, 0.25) is 0 Å². The van der Waals surface area contributed by atoms with Gasteiger partial charge in [0.25, 0.3) is 8.05 Å². The Labute approximate surface area is 63.6 Å². The minimum absolute atomic E-state index is 0.140. The zero-order chi connectivity index (χ0) is 7.98. The van der Waals surface area contributed by atoms with E-state index in [-0.39, 0.29) is 13.2 Å². The molecule has 0 aromatic heterocycles. The number of hydrogen-bond donors (Lipinski definition) is 1. The molecule has 0 saturated heterocycles. The summed E-state index contributed by atoms with van der Waals surface area (Å²) in [6.45, 7) is 1.68. The number of rotatable bonds is 5. The third kappa shape index (κ3) is 4.85. The van der Waals surface area contributed by atoms with Crippen LogP contribution in [0.5, 0.6) is 0 Å². The van der Waals surface area contributed by atoms with Crippen molar-refractivity contribution in [2.45, 2.75) is 19.0 Å². The van der Waals surface area contributed by atoms with Gasteiger partial charge in [-0.25, -0.2) is 0 Å². The molecule has 0 saturated carbocycles. The third-order valence-electron chi connectivity index (χ3n) is 0.893. The minimum Gasteiger partial charge on any atom is -0.445 e. The Hall–Kier alpha value is 0.00987. The summed E-state index contributed by atoms with van der Waals surface area (Å²) in [6.07, 6.45) is -0.426. The lowest BCUT2D eigenvalue weighted by atomic mass is 10.0. The van der Waals surface area contributed by atoms with Crippen LogP contribution >= 0.6 is 0 Å². The van der Waals surface area contributed by atoms with Gasteiger partial charge in [-0.3, -0.25) is 0 Å². The van der Waals surface area contributed by atoms with Gasteiger partial charge in [-0.1, -0.05) is 0 Å². The van der Waals surface area contributed by atoms with Gasteiger partial charge in [0, 0.05) is 6.00 Å². The summed E-state index contributed by atoms with van der Waals surface area (Å²) < 4.78 is 9.22. The molecule has 3 nitrogen and oxygen atoms in total. The molecule has 0 aromatic carbocycles. The average molecular weight is 140 g/mol. The molecule has 0 amide bonds. The number of aliphatic hydroxyl groups excluding tert-OH is 1. The van der Waals surface area contributed by atoms with Crippen molar-refractivity contribution in [1.82, 2.24) is 0 Å². The van der Waals surface area contributed by atoms with Crippen LogP contribution in [0.2, 0.25) is 0 Å². The van der Waals surface area contributed by atoms with E-state index >= 15 is 0 Å². The maximum atomic E-state index is 8.59. The summed E-state index contributed by atoms with van der Waals surface area (Å²) in [5, 5.41) is 8.59. The van der Waals surface area contributed by atoms with Crippen molar-refractivity contribution in [3.63, 3.8) is 0 Å². The largest absolute Gasteiger partial charge is 0.445 e. The van der Waals surface area contributed by atoms with E-state index in [0.717, 1.165) is 0 Å². The molecule has 0 aliphatic carbocycles. The Balaban J connectivity index is 3.39. The van der Waals surface area contributed by atoms with Gasteiger partial charge < -0.3 is 14.5 Å². The normalized spacial score (nSPS) is 16.6. The third-order valence-corrected chi connectivity index (χ3v) is 0.893. The van der Waals surface area contributed by atoms with Crippen LogP contribution in [-0.4, -0.2) is 46.3 Å². The number of ether oxygens (including phenoxy) is 1. The molecule has 0 aliphatic rings. The molecule has 2 atom stereocenters. The standard InChI is InChI=1S/C5H10B2O3/c1-4(6)10-5(2-8)3-9-7/h4-5,8H,2-3H2,1H3/t4-,5?/m1/s1. The second-order valence-corrected chi connectivity index (χ2v) is 1.98. The fraction of sp³-hybridized carbons (Fsp3) is 1.00. The Bertz CT molecular complexity index is 79.3. The van der Waals surface area contributed by atoms with E-state index in [4.69, 9.17) is 25.7 Å². The Morgan fingerprint density at radius 2 is 2.20 bits per heavy atom. The van der Waals surface area contributed by atoms with Gasteiger partial charge in [0.1, 0.15) is 14.0 Å². The van der Waals surface area contributed by atoms with E-state index in [1.807, 2.05) is 0 Å². The smallest absolute Gasteiger partial charge is 0.282 e. The maximum absolute atomic E-state index is 8.59. The van der Waals surface area contributed by atoms with Crippen LogP contribution in [-0.2, 0) is 9.39 Å². The first-order chi connectivity index (χ1) is 4.70. The molecule has 0 bridgehead atoms. The molecule has 1 N–H and O–H groups in total. The van der Waals surface area contributed by atoms with Crippen molar-refractivity contribution in [3.8, 4) is 0 Å². The van der Waals surface area contributed by atoms with E-state index in [1.165, 1.54) is 0 Å². The Morgan fingerprint density at radius 1 is 1.60 bits per heavy atom. The van der Waals surface area contributed by atoms with Gasteiger partial charge >= 0.3 is 0 Å². The molecule has 1 unspecified atom stereocenters. The molecular formula is C5H10B2O3. The SMILES string of the molecule is [B]OCC(CO)O[C@@H]([B])C. The summed E-state index contributed by atoms with van der Waals surface area (Å²) in [7, 11) is 10.0. The van der Waals surface area contributed by atoms with Gasteiger partial charge in [-0.05, 0) is 6.92 Å². The van der Waals surface area contributed by atoms with Crippen LogP contribution < -0.4 is 0 Å². The van der Waals surface area contributed by atoms with E-state index in [0.29, 0.717) is 0 Å². The zero-order valence-corrected chi connectivity index (χ0v) is 5.99. The van der Waals surface area contributed by atoms with Crippen molar-refractivity contribution in [3.05, 3.63) is 0 Å². The number of aliphatic hydroxyl groups is 1. The predicted molar refractivity (Wildman–Crippen MR) is 38.9 cm³/mol. The van der Waals surface area contributed by atoms with Crippen molar-refractivity contribution >= 4 is 15.9 Å². The van der Waals surface area contributed by atoms with Crippen molar-refractivity contribution in [2.24, 2.45) is 0 Å². The van der Waals surface area contributed by atoms with Crippen molar-refractivity contribution in [1.29, 1.82) is 0 Å². The number of hydrogen-bond acceptors (Lipinski definition) is 3. The highest BCUT2D eigenvalue weighted by Crippen LogP contribution is 1.94. The lowest BCUT2D eigenvalue weighted by Crippen LogP contribution is -2.27. The first-order valence-corrected chi connectivity index (χ1v) is 3.04. The molecule has 10 heavy (non-hydrogen) atoms. The fourth-order valence-corrected chi connectivity index (χ4v) is 0.546. The molecule has 0 rings (SSSR count). The molecule has 5 heteroatoms. The first kappa shape index (κ1) is 10.0. The zero-order valence-electron chi connectivity index (χ0n) is 5.99. The van der Waals surface area contributed by atoms with Gasteiger partial charge in [0.15, 0.2) is 0 Å². The van der Waals surface area contributed by atoms with Crippen LogP contribution in [0.15, 0.2) is 0 Å². The minimum atomic E-state index is -0.426. The molecule has 0 aliphatic heterocycles. The van der Waals surface area contributed by atoms with E-state index < -0.39 is 12.1 Å². The fourth-order valence-electron chi connectivity index (χ4n) is 0.546. The highest BCUT2D eigenvalue weighted by atomic mass is 16.5. The van der Waals surface area contributed by atoms with Crippen molar-refractivity contribution < 1.29 is 14.5 Å². The Kier molecular flexibility index (Phi) is 5.77. The topological polar surface area (TPSA) is 38.7 Å². The molecule has 0 aromatic rings. The van der Waals surface area contributed by atoms with Gasteiger partial charge in [-0.2, -0.15) is 0 Å². The second kappa shape index (κ2) is 5.77. The average Bonchev–Trinajstić information content (AvgIpc) is 1.86. The maximum Gasteiger partial charge on any atom is 0.282 e. The highest BCUT2D eigenvalue weighted by Gasteiger charge is 2.07. The summed E-state index contributed by atoms with van der Waals surface area (Å²) in [5.74, 6) is 0. The molecule has 0 heterocycles.